The van der Waals surface area contributed by atoms with Gasteiger partial charge >= 0.3 is 6.18 Å². The maximum atomic E-state index is 13.6. The summed E-state index contributed by atoms with van der Waals surface area (Å²) in [4.78, 5) is 27.0. The zero-order chi connectivity index (χ0) is 27.4. The zero-order valence-electron chi connectivity index (χ0n) is 21.4. The summed E-state index contributed by atoms with van der Waals surface area (Å²) in [6.45, 7) is -0.0270. The van der Waals surface area contributed by atoms with Crippen LogP contribution in [0.3, 0.4) is 0 Å². The van der Waals surface area contributed by atoms with Crippen molar-refractivity contribution in [3.8, 4) is 5.75 Å². The van der Waals surface area contributed by atoms with Crippen LogP contribution in [0.2, 0.25) is 0 Å². The van der Waals surface area contributed by atoms with E-state index in [0.717, 1.165) is 30.4 Å². The number of halogens is 3. The van der Waals surface area contributed by atoms with Gasteiger partial charge in [-0.15, -0.1) is 0 Å². The summed E-state index contributed by atoms with van der Waals surface area (Å²) >= 11 is 0. The van der Waals surface area contributed by atoms with Crippen molar-refractivity contribution in [2.75, 3.05) is 33.0 Å². The number of aromatic nitrogens is 2. The van der Waals surface area contributed by atoms with Crippen LogP contribution < -0.4 is 15.4 Å². The first kappa shape index (κ1) is 26.1. The number of hydrogen-bond acceptors (Lipinski definition) is 6. The molecule has 2 fully saturated rings. The van der Waals surface area contributed by atoms with E-state index in [1.807, 2.05) is 0 Å². The van der Waals surface area contributed by atoms with Crippen molar-refractivity contribution in [2.45, 2.75) is 56.8 Å². The molecular formula is C27H31F3N4O5. The second kappa shape index (κ2) is 9.51. The number of aliphatic hydroxyl groups excluding tert-OH is 1. The molecule has 39 heavy (non-hydrogen) atoms. The number of aryl methyl sites for hydroxylation is 2. The number of ether oxygens (including phenoxy) is 2. The number of carbonyl (C=O) groups excluding carboxylic acids is 2. The molecule has 0 bridgehead atoms. The number of aliphatic hydroxyl groups is 1. The molecule has 3 heterocycles. The number of alkyl halides is 3. The predicted molar refractivity (Wildman–Crippen MR) is 131 cm³/mol. The molecule has 1 spiro atoms. The highest BCUT2D eigenvalue weighted by Crippen LogP contribution is 2.44. The summed E-state index contributed by atoms with van der Waals surface area (Å²) < 4.78 is 49.6. The lowest BCUT2D eigenvalue weighted by Crippen LogP contribution is -2.53. The third kappa shape index (κ3) is 5.00. The van der Waals surface area contributed by atoms with E-state index in [2.05, 4.69) is 10.6 Å². The Balaban J connectivity index is 1.27. The third-order valence-electron chi connectivity index (χ3n) is 8.33. The van der Waals surface area contributed by atoms with Crippen molar-refractivity contribution in [3.63, 3.8) is 0 Å². The normalized spacial score (nSPS) is 23.1. The van der Waals surface area contributed by atoms with Crippen LogP contribution in [0.4, 0.5) is 13.2 Å². The molecule has 0 unspecified atom stereocenters. The largest absolute Gasteiger partial charge is 0.484 e. The fourth-order valence-corrected chi connectivity index (χ4v) is 5.87. The van der Waals surface area contributed by atoms with Gasteiger partial charge in [0.2, 0.25) is 0 Å². The SMILES string of the molecule is O=C1N[C@@]2(CCc3cc(OCC(F)(F)F)ccc32)Cc2nn(CCC3CC3)c(C(=O)NCC3(CO)COC3)c21. The Bertz CT molecular complexity index is 1300. The van der Waals surface area contributed by atoms with E-state index in [1.54, 1.807) is 16.8 Å². The van der Waals surface area contributed by atoms with Crippen molar-refractivity contribution in [2.24, 2.45) is 11.3 Å². The van der Waals surface area contributed by atoms with E-state index in [-0.39, 0.29) is 30.2 Å². The number of carbonyl (C=O) groups is 2. The molecule has 6 rings (SSSR count). The lowest BCUT2D eigenvalue weighted by Gasteiger charge is -2.39. The van der Waals surface area contributed by atoms with Gasteiger partial charge in [-0.1, -0.05) is 18.9 Å². The van der Waals surface area contributed by atoms with E-state index in [9.17, 15) is 27.9 Å². The molecule has 2 aliphatic carbocycles. The van der Waals surface area contributed by atoms with E-state index in [4.69, 9.17) is 14.6 Å². The Labute approximate surface area is 223 Å². The second-order valence-corrected chi connectivity index (χ2v) is 11.4. The quantitative estimate of drug-likeness (QED) is 0.444. The molecular weight excluding hydrogens is 517 g/mol. The van der Waals surface area contributed by atoms with Crippen LogP contribution in [0, 0.1) is 11.3 Å². The van der Waals surface area contributed by atoms with Crippen LogP contribution in [-0.2, 0) is 29.7 Å². The van der Waals surface area contributed by atoms with Gasteiger partial charge in [-0.25, -0.2) is 0 Å². The molecule has 210 valence electrons. The van der Waals surface area contributed by atoms with Gasteiger partial charge in [-0.3, -0.25) is 14.3 Å². The van der Waals surface area contributed by atoms with Crippen molar-refractivity contribution < 1.29 is 37.3 Å². The number of nitrogens with zero attached hydrogens (tertiary/aromatic N) is 2. The fourth-order valence-electron chi connectivity index (χ4n) is 5.87. The monoisotopic (exact) mass is 548 g/mol. The summed E-state index contributed by atoms with van der Waals surface area (Å²) in [5, 5.41) is 20.5. The Morgan fingerprint density at radius 2 is 2.10 bits per heavy atom. The van der Waals surface area contributed by atoms with Gasteiger partial charge < -0.3 is 25.2 Å². The lowest BCUT2D eigenvalue weighted by atomic mass is 9.82. The predicted octanol–water partition coefficient (Wildman–Crippen LogP) is 2.49. The lowest BCUT2D eigenvalue weighted by molar-refractivity contribution is -0.153. The van der Waals surface area contributed by atoms with Crippen molar-refractivity contribution in [1.82, 2.24) is 20.4 Å². The molecule has 2 aliphatic heterocycles. The molecule has 1 aromatic heterocycles. The topological polar surface area (TPSA) is 115 Å². The van der Waals surface area contributed by atoms with Gasteiger partial charge in [0.1, 0.15) is 11.4 Å². The van der Waals surface area contributed by atoms with Crippen molar-refractivity contribution in [1.29, 1.82) is 0 Å². The number of amides is 2. The highest BCUT2D eigenvalue weighted by Gasteiger charge is 2.47. The first-order chi connectivity index (χ1) is 18.6. The molecule has 1 atom stereocenters. The molecule has 1 saturated carbocycles. The van der Waals surface area contributed by atoms with Gasteiger partial charge in [0.15, 0.2) is 6.61 Å². The van der Waals surface area contributed by atoms with E-state index in [1.165, 1.54) is 6.07 Å². The summed E-state index contributed by atoms with van der Waals surface area (Å²) in [7, 11) is 0. The number of hydrogen-bond donors (Lipinski definition) is 3. The van der Waals surface area contributed by atoms with Crippen LogP contribution in [0.5, 0.6) is 5.75 Å². The van der Waals surface area contributed by atoms with Gasteiger partial charge in [-0.2, -0.15) is 18.3 Å². The Hall–Kier alpha value is -3.12. The fraction of sp³-hybridized carbons (Fsp3) is 0.593. The molecule has 0 radical (unpaired) electrons. The third-order valence-corrected chi connectivity index (χ3v) is 8.33. The second-order valence-electron chi connectivity index (χ2n) is 11.4. The van der Waals surface area contributed by atoms with Crippen molar-refractivity contribution in [3.05, 3.63) is 46.3 Å². The van der Waals surface area contributed by atoms with Crippen LogP contribution in [0.1, 0.15) is 63.4 Å². The van der Waals surface area contributed by atoms with E-state index >= 15 is 0 Å². The van der Waals surface area contributed by atoms with Gasteiger partial charge in [0, 0.05) is 19.5 Å². The first-order valence-electron chi connectivity index (χ1n) is 13.3. The molecule has 12 heteroatoms. The standard InChI is InChI=1S/C27H31F3N4O5/c28-27(29,30)15-39-18-3-4-19-17(9-18)5-7-26(19)10-20-21(23(36)32-26)22(34(33-20)8-6-16-1-2-16)24(37)31-11-25(12-35)13-38-14-25/h3-4,9,16,35H,1-2,5-8,10-15H2,(H,31,37)(H,32,36)/t26-/m0/s1. The summed E-state index contributed by atoms with van der Waals surface area (Å²) in [6, 6.07) is 4.81. The number of fused-ring (bicyclic) bond motifs is 3. The molecule has 1 saturated heterocycles. The molecule has 2 aromatic rings. The Morgan fingerprint density at radius 3 is 2.77 bits per heavy atom. The van der Waals surface area contributed by atoms with Crippen LogP contribution in [-0.4, -0.2) is 65.8 Å². The molecule has 2 amide bonds. The minimum Gasteiger partial charge on any atom is -0.484 e. The summed E-state index contributed by atoms with van der Waals surface area (Å²) in [6.07, 6.45) is 0.231. The minimum atomic E-state index is -4.43. The maximum Gasteiger partial charge on any atom is 0.422 e. The smallest absolute Gasteiger partial charge is 0.422 e. The average Bonchev–Trinajstić information content (AvgIpc) is 3.54. The van der Waals surface area contributed by atoms with Gasteiger partial charge in [-0.05, 0) is 48.4 Å². The first-order valence-corrected chi connectivity index (χ1v) is 13.3. The number of nitrogens with one attached hydrogen (secondary N) is 2. The maximum absolute atomic E-state index is 13.6. The number of benzene rings is 1. The van der Waals surface area contributed by atoms with Gasteiger partial charge in [0.25, 0.3) is 11.8 Å². The van der Waals surface area contributed by atoms with Crippen LogP contribution in [0.25, 0.3) is 0 Å². The Morgan fingerprint density at radius 1 is 1.31 bits per heavy atom. The van der Waals surface area contributed by atoms with Crippen LogP contribution in [0.15, 0.2) is 18.2 Å². The molecule has 3 N–H and O–H groups in total. The van der Waals surface area contributed by atoms with Crippen LogP contribution >= 0.6 is 0 Å². The highest BCUT2D eigenvalue weighted by molar-refractivity contribution is 6.08. The molecule has 1 aromatic carbocycles. The highest BCUT2D eigenvalue weighted by atomic mass is 19.4. The van der Waals surface area contributed by atoms with E-state index < -0.39 is 35.6 Å². The van der Waals surface area contributed by atoms with E-state index in [0.29, 0.717) is 50.6 Å². The van der Waals surface area contributed by atoms with Crippen molar-refractivity contribution >= 4 is 11.8 Å². The zero-order valence-corrected chi connectivity index (χ0v) is 21.4. The summed E-state index contributed by atoms with van der Waals surface area (Å²) in [5.41, 5.74) is 1.40. The average molecular weight is 549 g/mol. The molecule has 4 aliphatic rings. The molecule has 9 nitrogen and oxygen atoms in total. The summed E-state index contributed by atoms with van der Waals surface area (Å²) in [5.74, 6) is -0.0776. The Kier molecular flexibility index (Phi) is 6.37. The van der Waals surface area contributed by atoms with Gasteiger partial charge in [0.05, 0.1) is 42.0 Å². The minimum absolute atomic E-state index is 0.113. The number of rotatable bonds is 9.